The van der Waals surface area contributed by atoms with Gasteiger partial charge in [0.25, 0.3) is 0 Å². The van der Waals surface area contributed by atoms with Crippen molar-refractivity contribution in [2.75, 3.05) is 13.1 Å². The first-order chi connectivity index (χ1) is 8.13. The summed E-state index contributed by atoms with van der Waals surface area (Å²) in [7, 11) is 0. The van der Waals surface area contributed by atoms with Gasteiger partial charge in [0, 0.05) is 13.0 Å². The van der Waals surface area contributed by atoms with Gasteiger partial charge in [0.1, 0.15) is 6.54 Å². The monoisotopic (exact) mass is 235 g/mol. The van der Waals surface area contributed by atoms with E-state index in [4.69, 9.17) is 5.11 Å². The molecule has 17 heavy (non-hydrogen) atoms. The largest absolute Gasteiger partial charge is 0.480 e. The first-order valence-electron chi connectivity index (χ1n) is 5.67. The molecule has 0 spiro atoms. The highest BCUT2D eigenvalue weighted by atomic mass is 16.4. The maximum Gasteiger partial charge on any atom is 0.323 e. The van der Waals surface area contributed by atoms with Crippen molar-refractivity contribution in [3.63, 3.8) is 0 Å². The number of rotatable bonds is 6. The van der Waals surface area contributed by atoms with Crippen LogP contribution >= 0.6 is 0 Å². The number of hydrogen-bond acceptors (Lipinski definition) is 2. The molecule has 4 nitrogen and oxygen atoms in total. The van der Waals surface area contributed by atoms with Crippen molar-refractivity contribution in [1.82, 2.24) is 4.90 Å². The van der Waals surface area contributed by atoms with E-state index in [-0.39, 0.29) is 12.5 Å². The molecule has 0 aliphatic carbocycles. The second-order valence-corrected chi connectivity index (χ2v) is 3.80. The van der Waals surface area contributed by atoms with E-state index in [1.165, 1.54) is 4.90 Å². The number of amides is 1. The van der Waals surface area contributed by atoms with Crippen LogP contribution in [-0.4, -0.2) is 35.0 Å². The van der Waals surface area contributed by atoms with Crippen LogP contribution in [0.1, 0.15) is 18.9 Å². The summed E-state index contributed by atoms with van der Waals surface area (Å²) in [5.41, 5.74) is 1.10. The molecule has 0 unspecified atom stereocenters. The number of aliphatic carboxylic acids is 1. The van der Waals surface area contributed by atoms with Crippen molar-refractivity contribution < 1.29 is 14.7 Å². The molecule has 92 valence electrons. The number of hydrogen-bond donors (Lipinski definition) is 1. The summed E-state index contributed by atoms with van der Waals surface area (Å²) in [5.74, 6) is -1.09. The van der Waals surface area contributed by atoms with Gasteiger partial charge in [-0.25, -0.2) is 0 Å². The predicted molar refractivity (Wildman–Crippen MR) is 64.7 cm³/mol. The summed E-state index contributed by atoms with van der Waals surface area (Å²) >= 11 is 0. The second kappa shape index (κ2) is 6.68. The van der Waals surface area contributed by atoms with Crippen LogP contribution in [0, 0.1) is 0 Å². The van der Waals surface area contributed by atoms with E-state index in [0.717, 1.165) is 5.56 Å². The zero-order valence-corrected chi connectivity index (χ0v) is 9.93. The summed E-state index contributed by atoms with van der Waals surface area (Å²) in [6.45, 7) is 1.96. The van der Waals surface area contributed by atoms with Crippen molar-refractivity contribution in [3.05, 3.63) is 35.9 Å². The molecule has 0 bridgehead atoms. The fraction of sp³-hybridized carbons (Fsp3) is 0.385. The predicted octanol–water partition coefficient (Wildman–Crippen LogP) is 1.55. The lowest BCUT2D eigenvalue weighted by atomic mass is 10.1. The van der Waals surface area contributed by atoms with Crippen LogP contribution in [0.25, 0.3) is 0 Å². The molecule has 0 heterocycles. The Balaban J connectivity index is 2.55. The molecule has 0 saturated carbocycles. The van der Waals surface area contributed by atoms with E-state index < -0.39 is 5.97 Å². The van der Waals surface area contributed by atoms with Crippen molar-refractivity contribution in [1.29, 1.82) is 0 Å². The van der Waals surface area contributed by atoms with Crippen molar-refractivity contribution in [3.8, 4) is 0 Å². The Bertz CT molecular complexity index is 376. The van der Waals surface area contributed by atoms with Gasteiger partial charge in [-0.05, 0) is 12.0 Å². The topological polar surface area (TPSA) is 57.6 Å². The minimum Gasteiger partial charge on any atom is -0.480 e. The highest BCUT2D eigenvalue weighted by Gasteiger charge is 2.14. The number of nitrogens with zero attached hydrogens (tertiary/aromatic N) is 1. The fourth-order valence-electron chi connectivity index (χ4n) is 1.59. The van der Waals surface area contributed by atoms with Gasteiger partial charge < -0.3 is 10.0 Å². The van der Waals surface area contributed by atoms with E-state index in [1.807, 2.05) is 30.3 Å². The average molecular weight is 235 g/mol. The molecule has 1 aromatic carbocycles. The summed E-state index contributed by atoms with van der Waals surface area (Å²) in [6.07, 6.45) is 1.02. The molecule has 4 heteroatoms. The molecule has 0 aliphatic rings. The molecule has 1 aromatic rings. The zero-order valence-electron chi connectivity index (χ0n) is 9.93. The summed E-state index contributed by atoms with van der Waals surface area (Å²) in [5, 5.41) is 8.73. The quantitative estimate of drug-likeness (QED) is 0.814. The number of carboxylic acid groups (broad SMARTS) is 1. The molecule has 0 aliphatic heterocycles. The van der Waals surface area contributed by atoms with Crippen molar-refractivity contribution >= 4 is 11.9 Å². The Morgan fingerprint density at radius 1 is 1.24 bits per heavy atom. The highest BCUT2D eigenvalue weighted by molar-refractivity contribution is 5.81. The van der Waals surface area contributed by atoms with Gasteiger partial charge in [0.05, 0.1) is 0 Å². The lowest BCUT2D eigenvalue weighted by molar-refractivity contribution is -0.144. The van der Waals surface area contributed by atoms with Gasteiger partial charge >= 0.3 is 5.97 Å². The second-order valence-electron chi connectivity index (χ2n) is 3.80. The van der Waals surface area contributed by atoms with Crippen LogP contribution in [-0.2, 0) is 16.0 Å². The molecule has 0 aromatic heterocycles. The van der Waals surface area contributed by atoms with Crippen molar-refractivity contribution in [2.24, 2.45) is 0 Å². The van der Waals surface area contributed by atoms with Crippen LogP contribution in [0.3, 0.4) is 0 Å². The molecule has 0 saturated heterocycles. The normalized spacial score (nSPS) is 9.94. The average Bonchev–Trinajstić information content (AvgIpc) is 2.34. The Hall–Kier alpha value is -1.84. The Labute approximate surface area is 101 Å². The lowest BCUT2D eigenvalue weighted by Crippen LogP contribution is -2.36. The fourth-order valence-corrected chi connectivity index (χ4v) is 1.59. The van der Waals surface area contributed by atoms with Crippen LogP contribution < -0.4 is 0 Å². The summed E-state index contributed by atoms with van der Waals surface area (Å²) in [4.78, 5) is 23.6. The van der Waals surface area contributed by atoms with Crippen LogP contribution in [0.2, 0.25) is 0 Å². The van der Waals surface area contributed by atoms with E-state index in [0.29, 0.717) is 19.4 Å². The van der Waals surface area contributed by atoms with Crippen LogP contribution in [0.15, 0.2) is 30.3 Å². The molecule has 0 radical (unpaired) electrons. The van der Waals surface area contributed by atoms with E-state index in [9.17, 15) is 9.59 Å². The minimum absolute atomic E-state index is 0.122. The molecular formula is C13H17NO3. The summed E-state index contributed by atoms with van der Waals surface area (Å²) < 4.78 is 0. The third kappa shape index (κ3) is 4.68. The third-order valence-electron chi connectivity index (χ3n) is 2.49. The molecular weight excluding hydrogens is 218 g/mol. The van der Waals surface area contributed by atoms with E-state index in [1.54, 1.807) is 6.92 Å². The molecule has 1 amide bonds. The number of benzene rings is 1. The molecule has 0 fully saturated rings. The van der Waals surface area contributed by atoms with Gasteiger partial charge in [-0.15, -0.1) is 0 Å². The Kier molecular flexibility index (Phi) is 5.20. The number of carbonyl (C=O) groups excluding carboxylic acids is 1. The Morgan fingerprint density at radius 3 is 2.41 bits per heavy atom. The van der Waals surface area contributed by atoms with Gasteiger partial charge in [0.15, 0.2) is 0 Å². The molecule has 0 atom stereocenters. The van der Waals surface area contributed by atoms with Crippen molar-refractivity contribution in [2.45, 2.75) is 19.8 Å². The first kappa shape index (κ1) is 13.2. The third-order valence-corrected chi connectivity index (χ3v) is 2.49. The number of carboxylic acids is 1. The minimum atomic E-state index is -0.972. The number of carbonyl (C=O) groups is 2. The van der Waals surface area contributed by atoms with Gasteiger partial charge in [0.2, 0.25) is 5.91 Å². The standard InChI is InChI=1S/C13H17NO3/c1-2-12(15)14(10-13(16)17)9-8-11-6-4-3-5-7-11/h3-7H,2,8-10H2,1H3,(H,16,17). The first-order valence-corrected chi connectivity index (χ1v) is 5.67. The van der Waals surface area contributed by atoms with E-state index in [2.05, 4.69) is 0 Å². The summed E-state index contributed by atoms with van der Waals surface area (Å²) in [6, 6.07) is 9.72. The van der Waals surface area contributed by atoms with Crippen LogP contribution in [0.5, 0.6) is 0 Å². The van der Waals surface area contributed by atoms with E-state index >= 15 is 0 Å². The van der Waals surface area contributed by atoms with Gasteiger partial charge in [-0.3, -0.25) is 9.59 Å². The smallest absolute Gasteiger partial charge is 0.323 e. The maximum atomic E-state index is 11.5. The van der Waals surface area contributed by atoms with Crippen LogP contribution in [0.4, 0.5) is 0 Å². The van der Waals surface area contributed by atoms with Gasteiger partial charge in [-0.1, -0.05) is 37.3 Å². The zero-order chi connectivity index (χ0) is 12.7. The highest BCUT2D eigenvalue weighted by Crippen LogP contribution is 2.02. The Morgan fingerprint density at radius 2 is 1.88 bits per heavy atom. The molecule has 1 rings (SSSR count). The molecule has 1 N–H and O–H groups in total. The maximum absolute atomic E-state index is 11.5. The SMILES string of the molecule is CCC(=O)N(CCc1ccccc1)CC(=O)O. The van der Waals surface area contributed by atoms with Gasteiger partial charge in [-0.2, -0.15) is 0 Å². The lowest BCUT2D eigenvalue weighted by Gasteiger charge is -2.19.